The van der Waals surface area contributed by atoms with Crippen LogP contribution in [0.1, 0.15) is 0 Å². The Morgan fingerprint density at radius 3 is 2.24 bits per heavy atom. The van der Waals surface area contributed by atoms with Crippen LogP contribution in [0.2, 0.25) is 0 Å². The van der Waals surface area contributed by atoms with E-state index in [0.717, 1.165) is 6.54 Å². The molecule has 5 aromatic rings. The Labute approximate surface area is 199 Å². The van der Waals surface area contributed by atoms with Gasteiger partial charge in [-0.15, -0.1) is 0 Å². The molecular formula is C32H24N2. The van der Waals surface area contributed by atoms with Gasteiger partial charge in [-0.25, -0.2) is 0 Å². The fourth-order valence-corrected chi connectivity index (χ4v) is 5.52. The summed E-state index contributed by atoms with van der Waals surface area (Å²) < 4.78 is 0. The molecule has 0 radical (unpaired) electrons. The lowest BCUT2D eigenvalue weighted by Gasteiger charge is -2.31. The molecule has 1 aliphatic heterocycles. The maximum Gasteiger partial charge on any atom is 0.0618 e. The molecule has 2 aliphatic rings. The second kappa shape index (κ2) is 7.36. The van der Waals surface area contributed by atoms with E-state index in [2.05, 4.69) is 132 Å². The highest BCUT2D eigenvalue weighted by Crippen LogP contribution is 2.50. The van der Waals surface area contributed by atoms with Crippen molar-refractivity contribution >= 4 is 32.9 Å². The van der Waals surface area contributed by atoms with Crippen molar-refractivity contribution < 1.29 is 0 Å². The predicted octanol–water partition coefficient (Wildman–Crippen LogP) is 8.12. The highest BCUT2D eigenvalue weighted by atomic mass is 15.2. The summed E-state index contributed by atoms with van der Waals surface area (Å²) in [7, 11) is 2.13. The van der Waals surface area contributed by atoms with E-state index < -0.39 is 0 Å². The Morgan fingerprint density at radius 1 is 0.676 bits per heavy atom. The smallest absolute Gasteiger partial charge is 0.0618 e. The fraction of sp³-hybridized carbons (Fsp3) is 0.0625. The second-order valence-corrected chi connectivity index (χ2v) is 9.17. The summed E-state index contributed by atoms with van der Waals surface area (Å²) in [5.41, 5.74) is 8.85. The lowest BCUT2D eigenvalue weighted by atomic mass is 10.00. The van der Waals surface area contributed by atoms with Gasteiger partial charge in [0.2, 0.25) is 0 Å². The largest absolute Gasteiger partial charge is 0.375 e. The van der Waals surface area contributed by atoms with E-state index in [1.807, 2.05) is 0 Å². The zero-order valence-electron chi connectivity index (χ0n) is 19.1. The van der Waals surface area contributed by atoms with E-state index in [9.17, 15) is 0 Å². The molecule has 0 fully saturated rings. The van der Waals surface area contributed by atoms with Gasteiger partial charge in [0.1, 0.15) is 0 Å². The van der Waals surface area contributed by atoms with Gasteiger partial charge in [-0.3, -0.25) is 0 Å². The average Bonchev–Trinajstić information content (AvgIpc) is 3.21. The van der Waals surface area contributed by atoms with Crippen LogP contribution in [0.25, 0.3) is 43.8 Å². The van der Waals surface area contributed by atoms with Crippen molar-refractivity contribution in [2.45, 2.75) is 0 Å². The third kappa shape index (κ3) is 2.82. The van der Waals surface area contributed by atoms with E-state index in [1.165, 1.54) is 60.9 Å². The minimum Gasteiger partial charge on any atom is -0.375 e. The number of allylic oxidation sites excluding steroid dienone is 1. The summed E-state index contributed by atoms with van der Waals surface area (Å²) in [4.78, 5) is 4.64. The first-order valence-corrected chi connectivity index (χ1v) is 11.8. The molecule has 162 valence electrons. The van der Waals surface area contributed by atoms with Crippen molar-refractivity contribution in [3.63, 3.8) is 0 Å². The number of likely N-dealkylation sites (N-methyl/N-ethyl adjacent to an activating group) is 1. The van der Waals surface area contributed by atoms with Gasteiger partial charge in [-0.1, -0.05) is 84.9 Å². The van der Waals surface area contributed by atoms with Crippen molar-refractivity contribution in [1.29, 1.82) is 0 Å². The van der Waals surface area contributed by atoms with Crippen molar-refractivity contribution in [2.75, 3.05) is 18.5 Å². The second-order valence-electron chi connectivity index (χ2n) is 9.17. The summed E-state index contributed by atoms with van der Waals surface area (Å²) in [6, 6.07) is 35.4. The molecule has 1 heterocycles. The number of hydrogen-bond donors (Lipinski definition) is 0. The van der Waals surface area contributed by atoms with Crippen LogP contribution in [0.5, 0.6) is 0 Å². The van der Waals surface area contributed by atoms with Crippen LogP contribution in [-0.2, 0) is 0 Å². The lowest BCUT2D eigenvalue weighted by Crippen LogP contribution is -2.23. The summed E-state index contributed by atoms with van der Waals surface area (Å²) in [6.07, 6.45) is 6.72. The van der Waals surface area contributed by atoms with E-state index >= 15 is 0 Å². The molecule has 0 saturated heterocycles. The Kier molecular flexibility index (Phi) is 4.16. The Morgan fingerprint density at radius 2 is 1.41 bits per heavy atom. The highest BCUT2D eigenvalue weighted by molar-refractivity contribution is 6.18. The van der Waals surface area contributed by atoms with Crippen molar-refractivity contribution in [3.8, 4) is 22.3 Å². The van der Waals surface area contributed by atoms with Crippen LogP contribution < -0.4 is 4.90 Å². The van der Waals surface area contributed by atoms with Gasteiger partial charge in [0.15, 0.2) is 0 Å². The first-order valence-electron chi connectivity index (χ1n) is 11.8. The van der Waals surface area contributed by atoms with Crippen LogP contribution in [0.3, 0.4) is 0 Å². The zero-order valence-corrected chi connectivity index (χ0v) is 19.1. The Balaban J connectivity index is 1.51. The molecule has 0 unspecified atom stereocenters. The number of benzene rings is 5. The van der Waals surface area contributed by atoms with Crippen molar-refractivity contribution in [3.05, 3.63) is 121 Å². The number of rotatable bonds is 3. The van der Waals surface area contributed by atoms with E-state index in [-0.39, 0.29) is 0 Å². The molecule has 0 atom stereocenters. The molecule has 0 N–H and O–H groups in total. The highest BCUT2D eigenvalue weighted by Gasteiger charge is 2.25. The van der Waals surface area contributed by atoms with Gasteiger partial charge in [-0.05, 0) is 62.7 Å². The van der Waals surface area contributed by atoms with E-state index in [4.69, 9.17) is 0 Å². The lowest BCUT2D eigenvalue weighted by molar-refractivity contribution is 0.499. The number of anilines is 2. The zero-order chi connectivity index (χ0) is 22.6. The molecule has 7 rings (SSSR count). The van der Waals surface area contributed by atoms with Gasteiger partial charge in [0.05, 0.1) is 11.4 Å². The molecule has 2 nitrogen and oxygen atoms in total. The van der Waals surface area contributed by atoms with Crippen LogP contribution >= 0.6 is 0 Å². The molecule has 2 heteroatoms. The van der Waals surface area contributed by atoms with Crippen LogP contribution in [0.4, 0.5) is 11.4 Å². The SMILES string of the molecule is CN1C=C(N(c2ccc3ccccc3c2)c2ccc3c4c(cccc24)-c2ccccc2-3)C=CC1. The average molecular weight is 437 g/mol. The molecule has 0 aromatic heterocycles. The number of nitrogens with zero attached hydrogens (tertiary/aromatic N) is 2. The quantitative estimate of drug-likeness (QED) is 0.276. The molecular weight excluding hydrogens is 412 g/mol. The normalized spacial score (nSPS) is 13.9. The minimum atomic E-state index is 0.925. The molecule has 1 aliphatic carbocycles. The first kappa shape index (κ1) is 19.2. The van der Waals surface area contributed by atoms with E-state index in [1.54, 1.807) is 0 Å². The Bertz CT molecular complexity index is 1630. The summed E-state index contributed by atoms with van der Waals surface area (Å²) in [6.45, 7) is 0.925. The van der Waals surface area contributed by atoms with Gasteiger partial charge in [0.25, 0.3) is 0 Å². The number of hydrogen-bond acceptors (Lipinski definition) is 2. The summed E-state index contributed by atoms with van der Waals surface area (Å²) in [5.74, 6) is 0. The molecule has 0 bridgehead atoms. The third-order valence-electron chi connectivity index (χ3n) is 7.05. The molecule has 0 spiro atoms. The topological polar surface area (TPSA) is 6.48 Å². The van der Waals surface area contributed by atoms with Gasteiger partial charge in [-0.2, -0.15) is 0 Å². The van der Waals surface area contributed by atoms with E-state index in [0.29, 0.717) is 0 Å². The molecule has 34 heavy (non-hydrogen) atoms. The first-order chi connectivity index (χ1) is 16.8. The van der Waals surface area contributed by atoms with Crippen LogP contribution in [0, 0.1) is 0 Å². The minimum absolute atomic E-state index is 0.925. The molecule has 0 saturated carbocycles. The van der Waals surface area contributed by atoms with Gasteiger partial charge < -0.3 is 9.80 Å². The number of fused-ring (bicyclic) bond motifs is 4. The Hall–Kier alpha value is -4.30. The molecule has 5 aromatic carbocycles. The fourth-order valence-electron chi connectivity index (χ4n) is 5.52. The maximum absolute atomic E-state index is 2.41. The van der Waals surface area contributed by atoms with Gasteiger partial charge in [0, 0.05) is 30.9 Å². The standard InChI is InChI=1S/C32H24N2/c1-33-19-7-10-25(21-33)34(24-16-15-22-8-2-3-9-23(22)20-24)31-18-17-29-27-12-5-4-11-26(27)28-13-6-14-30(31)32(28)29/h2-18,20-21H,19H2,1H3. The monoisotopic (exact) mass is 436 g/mol. The van der Waals surface area contributed by atoms with Crippen LogP contribution in [0.15, 0.2) is 121 Å². The third-order valence-corrected chi connectivity index (χ3v) is 7.05. The van der Waals surface area contributed by atoms with Crippen LogP contribution in [-0.4, -0.2) is 18.5 Å². The van der Waals surface area contributed by atoms with Gasteiger partial charge >= 0.3 is 0 Å². The van der Waals surface area contributed by atoms with Crippen molar-refractivity contribution in [1.82, 2.24) is 4.90 Å². The maximum atomic E-state index is 2.41. The predicted molar refractivity (Wildman–Crippen MR) is 144 cm³/mol. The summed E-state index contributed by atoms with van der Waals surface area (Å²) >= 11 is 0. The summed E-state index contributed by atoms with van der Waals surface area (Å²) in [5, 5.41) is 5.13. The molecule has 0 amide bonds. The van der Waals surface area contributed by atoms with Crippen molar-refractivity contribution in [2.24, 2.45) is 0 Å².